The number of hydrogen-bond donors (Lipinski definition) is 1. The first-order valence-electron chi connectivity index (χ1n) is 9.76. The first kappa shape index (κ1) is 21.2. The quantitative estimate of drug-likeness (QED) is 0.402. The number of hydrogen-bond acceptors (Lipinski definition) is 4. The Balaban J connectivity index is 1.41. The Bertz CT molecular complexity index is 1360. The van der Waals surface area contributed by atoms with Crippen LogP contribution in [0.1, 0.15) is 12.8 Å². The maximum Gasteiger partial charge on any atom is 0.232 e. The summed E-state index contributed by atoms with van der Waals surface area (Å²) in [4.78, 5) is 12.4. The van der Waals surface area contributed by atoms with Crippen molar-refractivity contribution in [2.24, 2.45) is 0 Å². The van der Waals surface area contributed by atoms with Crippen molar-refractivity contribution < 1.29 is 17.6 Å². The van der Waals surface area contributed by atoms with Crippen molar-refractivity contribution >= 4 is 60.8 Å². The monoisotopic (exact) mass is 456 g/mol. The summed E-state index contributed by atoms with van der Waals surface area (Å²) in [5, 5.41) is 5.31. The highest BCUT2D eigenvalue weighted by Crippen LogP contribution is 2.30. The Kier molecular flexibility index (Phi) is 5.89. The lowest BCUT2D eigenvalue weighted by molar-refractivity contribution is -0.116. The van der Waals surface area contributed by atoms with E-state index in [1.165, 1.54) is 4.31 Å². The molecule has 3 aromatic carbocycles. The second kappa shape index (κ2) is 8.61. The summed E-state index contributed by atoms with van der Waals surface area (Å²) in [5.41, 5.74) is 2.60. The standard InChI is InChI=1S/C23H21ClN2O4S/c1-31(28,29)26(18-7-4-6-16(24)14-18)13-5-10-23(27)25-17-11-12-20-19-8-2-3-9-21(19)30-22(20)15-17/h2-4,6-9,11-12,14-15H,5,10,13H2,1H3,(H,25,27). The van der Waals surface area contributed by atoms with Gasteiger partial charge in [0.05, 0.1) is 11.9 Å². The molecule has 0 fully saturated rings. The van der Waals surface area contributed by atoms with Gasteiger partial charge in [-0.25, -0.2) is 8.42 Å². The first-order chi connectivity index (χ1) is 14.8. The number of amides is 1. The van der Waals surface area contributed by atoms with Gasteiger partial charge in [0.2, 0.25) is 15.9 Å². The Morgan fingerprint density at radius 2 is 1.77 bits per heavy atom. The smallest absolute Gasteiger partial charge is 0.232 e. The van der Waals surface area contributed by atoms with Crippen LogP contribution in [0.15, 0.2) is 71.1 Å². The number of para-hydroxylation sites is 1. The molecule has 1 amide bonds. The molecule has 31 heavy (non-hydrogen) atoms. The number of sulfonamides is 1. The third-order valence-electron chi connectivity index (χ3n) is 4.92. The van der Waals surface area contributed by atoms with Crippen molar-refractivity contribution in [3.05, 3.63) is 71.8 Å². The van der Waals surface area contributed by atoms with Crippen LogP contribution in [0, 0.1) is 0 Å². The molecule has 160 valence electrons. The van der Waals surface area contributed by atoms with Crippen molar-refractivity contribution in [2.75, 3.05) is 22.4 Å². The molecule has 4 rings (SSSR count). The number of halogens is 1. The summed E-state index contributed by atoms with van der Waals surface area (Å²) in [6.07, 6.45) is 1.67. The number of nitrogens with one attached hydrogen (secondary N) is 1. The summed E-state index contributed by atoms with van der Waals surface area (Å²) >= 11 is 5.99. The molecule has 8 heteroatoms. The second-order valence-electron chi connectivity index (χ2n) is 7.28. The number of benzene rings is 3. The average Bonchev–Trinajstić information content (AvgIpc) is 3.08. The molecule has 0 aliphatic carbocycles. The molecule has 1 N–H and O–H groups in total. The van der Waals surface area contributed by atoms with Gasteiger partial charge < -0.3 is 9.73 Å². The number of nitrogens with zero attached hydrogens (tertiary/aromatic N) is 1. The Labute approximate surface area is 185 Å². The number of fused-ring (bicyclic) bond motifs is 3. The van der Waals surface area contributed by atoms with Crippen LogP contribution in [0.3, 0.4) is 0 Å². The normalized spacial score (nSPS) is 11.7. The van der Waals surface area contributed by atoms with Crippen LogP contribution in [-0.4, -0.2) is 27.1 Å². The van der Waals surface area contributed by atoms with Gasteiger partial charge in [0, 0.05) is 40.5 Å². The van der Waals surface area contributed by atoms with Gasteiger partial charge in [0.25, 0.3) is 0 Å². The van der Waals surface area contributed by atoms with E-state index < -0.39 is 10.0 Å². The second-order valence-corrected chi connectivity index (χ2v) is 9.62. The first-order valence-corrected chi connectivity index (χ1v) is 12.0. The number of anilines is 2. The number of rotatable bonds is 7. The Morgan fingerprint density at radius 1 is 1.00 bits per heavy atom. The third-order valence-corrected chi connectivity index (χ3v) is 6.35. The maximum absolute atomic E-state index is 12.4. The van der Waals surface area contributed by atoms with E-state index >= 15 is 0 Å². The molecule has 0 spiro atoms. The predicted octanol–water partition coefficient (Wildman–Crippen LogP) is 5.42. The molecule has 0 aliphatic rings. The van der Waals surface area contributed by atoms with E-state index in [1.54, 1.807) is 30.3 Å². The van der Waals surface area contributed by atoms with Crippen LogP contribution < -0.4 is 9.62 Å². The van der Waals surface area contributed by atoms with Gasteiger partial charge in [0.1, 0.15) is 11.2 Å². The largest absolute Gasteiger partial charge is 0.456 e. The summed E-state index contributed by atoms with van der Waals surface area (Å²) in [7, 11) is -3.50. The fourth-order valence-corrected chi connectivity index (χ4v) is 4.67. The summed E-state index contributed by atoms with van der Waals surface area (Å²) in [6, 6.07) is 19.9. The highest BCUT2D eigenvalue weighted by molar-refractivity contribution is 7.92. The van der Waals surface area contributed by atoms with Gasteiger partial charge in [0.15, 0.2) is 0 Å². The molecule has 0 bridgehead atoms. The van der Waals surface area contributed by atoms with Gasteiger partial charge in [-0.1, -0.05) is 35.9 Å². The molecular formula is C23H21ClN2O4S. The Morgan fingerprint density at radius 3 is 2.55 bits per heavy atom. The van der Waals surface area contributed by atoms with E-state index in [0.717, 1.165) is 22.6 Å². The molecule has 0 radical (unpaired) electrons. The van der Waals surface area contributed by atoms with Crippen molar-refractivity contribution in [3.63, 3.8) is 0 Å². The summed E-state index contributed by atoms with van der Waals surface area (Å²) in [5.74, 6) is -0.199. The van der Waals surface area contributed by atoms with Crippen molar-refractivity contribution in [1.29, 1.82) is 0 Å². The molecule has 0 aliphatic heterocycles. The van der Waals surface area contributed by atoms with E-state index in [-0.39, 0.29) is 18.9 Å². The highest BCUT2D eigenvalue weighted by atomic mass is 35.5. The third kappa shape index (κ3) is 4.84. The van der Waals surface area contributed by atoms with E-state index in [9.17, 15) is 13.2 Å². The van der Waals surface area contributed by atoms with E-state index in [2.05, 4.69) is 5.32 Å². The van der Waals surface area contributed by atoms with Crippen LogP contribution in [0.25, 0.3) is 21.9 Å². The van der Waals surface area contributed by atoms with Gasteiger partial charge in [-0.05, 0) is 42.8 Å². The Hall–Kier alpha value is -3.03. The van der Waals surface area contributed by atoms with Gasteiger partial charge in [-0.3, -0.25) is 9.10 Å². The molecule has 0 unspecified atom stereocenters. The van der Waals surface area contributed by atoms with Crippen molar-refractivity contribution in [1.82, 2.24) is 0 Å². The molecule has 1 heterocycles. The SMILES string of the molecule is CS(=O)(=O)N(CCCC(=O)Nc1ccc2c(c1)oc1ccccc12)c1cccc(Cl)c1. The van der Waals surface area contributed by atoms with Gasteiger partial charge >= 0.3 is 0 Å². The minimum atomic E-state index is -3.50. The number of carbonyl (C=O) groups excluding carboxylic acids is 1. The van der Waals surface area contributed by atoms with E-state index in [1.807, 2.05) is 36.4 Å². The minimum absolute atomic E-state index is 0.171. The van der Waals surface area contributed by atoms with Crippen LogP contribution in [0.4, 0.5) is 11.4 Å². The molecule has 6 nitrogen and oxygen atoms in total. The van der Waals surface area contributed by atoms with Gasteiger partial charge in [-0.2, -0.15) is 0 Å². The molecule has 1 aromatic heterocycles. The average molecular weight is 457 g/mol. The minimum Gasteiger partial charge on any atom is -0.456 e. The zero-order chi connectivity index (χ0) is 22.0. The zero-order valence-corrected chi connectivity index (χ0v) is 18.4. The molecular weight excluding hydrogens is 436 g/mol. The molecule has 0 atom stereocenters. The van der Waals surface area contributed by atoms with Crippen molar-refractivity contribution in [2.45, 2.75) is 12.8 Å². The molecule has 4 aromatic rings. The highest BCUT2D eigenvalue weighted by Gasteiger charge is 2.18. The summed E-state index contributed by atoms with van der Waals surface area (Å²) in [6.45, 7) is 0.176. The van der Waals surface area contributed by atoms with E-state index in [0.29, 0.717) is 28.4 Å². The van der Waals surface area contributed by atoms with Crippen molar-refractivity contribution in [3.8, 4) is 0 Å². The van der Waals surface area contributed by atoms with Crippen LogP contribution in [0.2, 0.25) is 5.02 Å². The summed E-state index contributed by atoms with van der Waals surface area (Å²) < 4.78 is 31.5. The fraction of sp³-hybridized carbons (Fsp3) is 0.174. The number of carbonyl (C=O) groups is 1. The zero-order valence-electron chi connectivity index (χ0n) is 16.8. The van der Waals surface area contributed by atoms with Crippen LogP contribution in [-0.2, 0) is 14.8 Å². The molecule has 0 saturated heterocycles. The topological polar surface area (TPSA) is 79.6 Å². The number of furan rings is 1. The predicted molar refractivity (Wildman–Crippen MR) is 125 cm³/mol. The lowest BCUT2D eigenvalue weighted by Crippen LogP contribution is -2.31. The maximum atomic E-state index is 12.4. The van der Waals surface area contributed by atoms with Crippen LogP contribution in [0.5, 0.6) is 0 Å². The molecule has 0 saturated carbocycles. The van der Waals surface area contributed by atoms with Gasteiger partial charge in [-0.15, -0.1) is 0 Å². The van der Waals surface area contributed by atoms with E-state index in [4.69, 9.17) is 16.0 Å². The van der Waals surface area contributed by atoms with Crippen LogP contribution >= 0.6 is 11.6 Å². The lowest BCUT2D eigenvalue weighted by Gasteiger charge is -2.22. The lowest BCUT2D eigenvalue weighted by atomic mass is 10.1. The fourth-order valence-electron chi connectivity index (χ4n) is 3.53.